The third kappa shape index (κ3) is 25.9. The van der Waals surface area contributed by atoms with Gasteiger partial charge in [-0.2, -0.15) is 0 Å². The van der Waals surface area contributed by atoms with Gasteiger partial charge in [-0.1, -0.05) is 156 Å². The van der Waals surface area contributed by atoms with Crippen molar-refractivity contribution < 1.29 is 5.11 Å². The van der Waals surface area contributed by atoms with Crippen molar-refractivity contribution in [3.63, 3.8) is 0 Å². The van der Waals surface area contributed by atoms with E-state index in [1.807, 2.05) is 0 Å². The van der Waals surface area contributed by atoms with Crippen LogP contribution >= 0.6 is 0 Å². The highest BCUT2D eigenvalue weighted by atomic mass is 16.3. The average molecular weight is 411 g/mol. The van der Waals surface area contributed by atoms with E-state index in [1.165, 1.54) is 135 Å². The summed E-state index contributed by atoms with van der Waals surface area (Å²) in [6.45, 7) is 6.94. The van der Waals surface area contributed by atoms with Gasteiger partial charge in [0, 0.05) is 0 Å². The predicted molar refractivity (Wildman–Crippen MR) is 133 cm³/mol. The minimum Gasteiger partial charge on any atom is -0.393 e. The molecule has 0 aliphatic heterocycles. The molecule has 0 saturated heterocycles. The summed E-state index contributed by atoms with van der Waals surface area (Å²) < 4.78 is 0. The van der Waals surface area contributed by atoms with Gasteiger partial charge in [0.05, 0.1) is 6.10 Å². The molecule has 1 unspecified atom stereocenters. The highest BCUT2D eigenvalue weighted by molar-refractivity contribution is 4.58. The first-order chi connectivity index (χ1) is 14.2. The van der Waals surface area contributed by atoms with E-state index < -0.39 is 0 Å². The van der Waals surface area contributed by atoms with E-state index in [9.17, 15) is 5.11 Å². The van der Waals surface area contributed by atoms with Gasteiger partial charge >= 0.3 is 0 Å². The number of hydrogen-bond acceptors (Lipinski definition) is 1. The molecule has 0 heterocycles. The monoisotopic (exact) mass is 410 g/mol. The maximum atomic E-state index is 10.1. The van der Waals surface area contributed by atoms with E-state index in [2.05, 4.69) is 20.8 Å². The van der Waals surface area contributed by atoms with Crippen LogP contribution in [0.15, 0.2) is 0 Å². The van der Waals surface area contributed by atoms with E-state index in [1.54, 1.807) is 0 Å². The van der Waals surface area contributed by atoms with Crippen molar-refractivity contribution in [1.82, 2.24) is 0 Å². The molecule has 0 aromatic rings. The summed E-state index contributed by atoms with van der Waals surface area (Å²) in [5.74, 6) is 0.884. The van der Waals surface area contributed by atoms with Crippen LogP contribution in [-0.4, -0.2) is 11.2 Å². The minimum atomic E-state index is -0.0315. The number of hydrogen-bond donors (Lipinski definition) is 1. The highest BCUT2D eigenvalue weighted by Gasteiger charge is 2.03. The summed E-state index contributed by atoms with van der Waals surface area (Å²) >= 11 is 0. The first kappa shape index (κ1) is 29.0. The fourth-order valence-corrected chi connectivity index (χ4v) is 4.36. The Morgan fingerprint density at radius 2 is 0.690 bits per heavy atom. The molecule has 0 aromatic heterocycles. The predicted octanol–water partition coefficient (Wildman–Crippen LogP) is 10.00. The highest BCUT2D eigenvalue weighted by Crippen LogP contribution is 2.16. The molecule has 1 N–H and O–H groups in total. The molecule has 176 valence electrons. The molecule has 0 aromatic carbocycles. The van der Waals surface area contributed by atoms with Crippen LogP contribution in [0.25, 0.3) is 0 Å². The molecular formula is C28H58O. The van der Waals surface area contributed by atoms with Crippen LogP contribution in [0.5, 0.6) is 0 Å². The normalized spacial score (nSPS) is 12.7. The SMILES string of the molecule is CCCCCCCCCC(O)CCCCCCCCCCCCCCCC(C)C. The Morgan fingerprint density at radius 1 is 0.414 bits per heavy atom. The third-order valence-electron chi connectivity index (χ3n) is 6.46. The van der Waals surface area contributed by atoms with Crippen molar-refractivity contribution in [2.75, 3.05) is 0 Å². The first-order valence-electron chi connectivity index (χ1n) is 13.8. The Morgan fingerprint density at radius 3 is 1.00 bits per heavy atom. The lowest BCUT2D eigenvalue weighted by Gasteiger charge is -2.10. The van der Waals surface area contributed by atoms with Gasteiger partial charge in [-0.3, -0.25) is 0 Å². The number of aliphatic hydroxyl groups is 1. The summed E-state index contributed by atoms with van der Waals surface area (Å²) in [7, 11) is 0. The topological polar surface area (TPSA) is 20.2 Å². The third-order valence-corrected chi connectivity index (χ3v) is 6.46. The standard InChI is InChI=1S/C28H58O/c1-4-5-6-7-15-19-22-25-28(29)26-23-20-17-14-12-10-8-9-11-13-16-18-21-24-27(2)3/h27-29H,4-26H2,1-3H3. The maximum Gasteiger partial charge on any atom is 0.0540 e. The lowest BCUT2D eigenvalue weighted by atomic mass is 10.0. The van der Waals surface area contributed by atoms with Crippen molar-refractivity contribution in [2.45, 2.75) is 175 Å². The summed E-state index contributed by atoms with van der Waals surface area (Å²) in [6, 6.07) is 0. The molecule has 0 spiro atoms. The van der Waals surface area contributed by atoms with E-state index in [0.717, 1.165) is 18.8 Å². The Kier molecular flexibility index (Phi) is 24.2. The molecular weight excluding hydrogens is 352 g/mol. The van der Waals surface area contributed by atoms with E-state index in [4.69, 9.17) is 0 Å². The fourth-order valence-electron chi connectivity index (χ4n) is 4.36. The lowest BCUT2D eigenvalue weighted by Crippen LogP contribution is -2.05. The molecule has 0 amide bonds. The van der Waals surface area contributed by atoms with Crippen molar-refractivity contribution in [3.8, 4) is 0 Å². The summed E-state index contributed by atoms with van der Waals surface area (Å²) in [4.78, 5) is 0. The Hall–Kier alpha value is -0.0400. The molecule has 0 aliphatic carbocycles. The molecule has 0 saturated carbocycles. The zero-order valence-electron chi connectivity index (χ0n) is 20.9. The first-order valence-corrected chi connectivity index (χ1v) is 13.8. The largest absolute Gasteiger partial charge is 0.393 e. The van der Waals surface area contributed by atoms with E-state index in [-0.39, 0.29) is 6.10 Å². The second-order valence-electron chi connectivity index (χ2n) is 10.1. The number of aliphatic hydroxyl groups excluding tert-OH is 1. The molecule has 1 nitrogen and oxygen atoms in total. The van der Waals surface area contributed by atoms with Crippen LogP contribution in [0.1, 0.15) is 168 Å². The van der Waals surface area contributed by atoms with Crippen molar-refractivity contribution >= 4 is 0 Å². The van der Waals surface area contributed by atoms with Crippen LogP contribution < -0.4 is 0 Å². The Bertz CT molecular complexity index is 286. The Balaban J connectivity index is 3.12. The second kappa shape index (κ2) is 24.2. The molecule has 0 bridgehead atoms. The Labute approximate surface area is 185 Å². The average Bonchev–Trinajstić information content (AvgIpc) is 2.70. The van der Waals surface area contributed by atoms with Crippen LogP contribution in [0, 0.1) is 5.92 Å². The van der Waals surface area contributed by atoms with Crippen molar-refractivity contribution in [3.05, 3.63) is 0 Å². The van der Waals surface area contributed by atoms with E-state index >= 15 is 0 Å². The van der Waals surface area contributed by atoms with Crippen LogP contribution in [-0.2, 0) is 0 Å². The lowest BCUT2D eigenvalue weighted by molar-refractivity contribution is 0.147. The summed E-state index contributed by atoms with van der Waals surface area (Å²) in [5, 5.41) is 10.1. The van der Waals surface area contributed by atoms with Gasteiger partial charge < -0.3 is 5.11 Å². The molecule has 29 heavy (non-hydrogen) atoms. The summed E-state index contributed by atoms with van der Waals surface area (Å²) in [5.41, 5.74) is 0. The maximum absolute atomic E-state index is 10.1. The van der Waals surface area contributed by atoms with Crippen LogP contribution in [0.3, 0.4) is 0 Å². The van der Waals surface area contributed by atoms with Crippen molar-refractivity contribution in [1.29, 1.82) is 0 Å². The fraction of sp³-hybridized carbons (Fsp3) is 1.00. The number of rotatable bonds is 24. The van der Waals surface area contributed by atoms with Gasteiger partial charge in [-0.25, -0.2) is 0 Å². The van der Waals surface area contributed by atoms with Gasteiger partial charge in [-0.05, 0) is 18.8 Å². The zero-order valence-corrected chi connectivity index (χ0v) is 20.9. The van der Waals surface area contributed by atoms with Gasteiger partial charge in [0.15, 0.2) is 0 Å². The summed E-state index contributed by atoms with van der Waals surface area (Å²) in [6.07, 6.45) is 31.2. The zero-order chi connectivity index (χ0) is 21.4. The second-order valence-corrected chi connectivity index (χ2v) is 10.1. The van der Waals surface area contributed by atoms with Gasteiger partial charge in [0.1, 0.15) is 0 Å². The molecule has 0 fully saturated rings. The van der Waals surface area contributed by atoms with Gasteiger partial charge in [0.2, 0.25) is 0 Å². The molecule has 0 rings (SSSR count). The van der Waals surface area contributed by atoms with Gasteiger partial charge in [0.25, 0.3) is 0 Å². The van der Waals surface area contributed by atoms with Gasteiger partial charge in [-0.15, -0.1) is 0 Å². The number of unbranched alkanes of at least 4 members (excludes halogenated alkanes) is 18. The molecule has 0 radical (unpaired) electrons. The van der Waals surface area contributed by atoms with Crippen LogP contribution in [0.2, 0.25) is 0 Å². The van der Waals surface area contributed by atoms with Crippen LogP contribution in [0.4, 0.5) is 0 Å². The molecule has 0 aliphatic rings. The molecule has 1 heteroatoms. The minimum absolute atomic E-state index is 0.0315. The van der Waals surface area contributed by atoms with Crippen molar-refractivity contribution in [2.24, 2.45) is 5.92 Å². The molecule has 1 atom stereocenters. The smallest absolute Gasteiger partial charge is 0.0540 e. The van der Waals surface area contributed by atoms with E-state index in [0.29, 0.717) is 0 Å². The quantitative estimate of drug-likeness (QED) is 0.157.